The number of nitrogens with one attached hydrogen (secondary N) is 3. The first kappa shape index (κ1) is 18.7. The lowest BCUT2D eigenvalue weighted by Gasteiger charge is -2.19. The second kappa shape index (κ2) is 8.54. The van der Waals surface area contributed by atoms with Gasteiger partial charge < -0.3 is 10.1 Å². The average Bonchev–Trinajstić information content (AvgIpc) is 3.11. The summed E-state index contributed by atoms with van der Waals surface area (Å²) >= 11 is 6.30. The lowest BCUT2D eigenvalue weighted by molar-refractivity contribution is -0.125. The van der Waals surface area contributed by atoms with Gasteiger partial charge in [0.25, 0.3) is 0 Å². The molecule has 1 saturated heterocycles. The van der Waals surface area contributed by atoms with Crippen LogP contribution in [0.15, 0.2) is 42.5 Å². The molecular weight excluding hydrogens is 350 g/mol. The second-order valence-corrected chi connectivity index (χ2v) is 6.85. The van der Waals surface area contributed by atoms with Crippen molar-refractivity contribution in [1.29, 1.82) is 0 Å². The van der Waals surface area contributed by atoms with Crippen LogP contribution in [0, 0.1) is 12.8 Å². The molecule has 1 amide bonds. The maximum absolute atomic E-state index is 12.7. The van der Waals surface area contributed by atoms with E-state index in [-0.39, 0.29) is 17.9 Å². The number of rotatable bonds is 6. The minimum Gasteiger partial charge on any atom is -0.492 e. The Kier molecular flexibility index (Phi) is 6.14. The van der Waals surface area contributed by atoms with Crippen molar-refractivity contribution in [2.75, 3.05) is 13.2 Å². The Balaban J connectivity index is 1.67. The van der Waals surface area contributed by atoms with E-state index in [1.807, 2.05) is 50.2 Å². The SMILES string of the molecule is CCOc1ccc(C2NNCC2C(=O)NCc2cccc(C)c2)cc1Cl. The van der Waals surface area contributed by atoms with E-state index in [2.05, 4.69) is 22.2 Å². The van der Waals surface area contributed by atoms with Crippen molar-refractivity contribution < 1.29 is 9.53 Å². The summed E-state index contributed by atoms with van der Waals surface area (Å²) in [5, 5.41) is 3.59. The highest BCUT2D eigenvalue weighted by atomic mass is 35.5. The summed E-state index contributed by atoms with van der Waals surface area (Å²) in [6, 6.07) is 13.7. The lowest BCUT2D eigenvalue weighted by atomic mass is 9.94. The van der Waals surface area contributed by atoms with Crippen molar-refractivity contribution in [3.63, 3.8) is 0 Å². The Hall–Kier alpha value is -2.08. The Labute approximate surface area is 159 Å². The third-order valence-corrected chi connectivity index (χ3v) is 4.78. The van der Waals surface area contributed by atoms with E-state index in [1.54, 1.807) is 0 Å². The summed E-state index contributed by atoms with van der Waals surface area (Å²) in [7, 11) is 0. The van der Waals surface area contributed by atoms with Crippen molar-refractivity contribution in [1.82, 2.24) is 16.2 Å². The summed E-state index contributed by atoms with van der Waals surface area (Å²) < 4.78 is 5.48. The van der Waals surface area contributed by atoms with E-state index in [1.165, 1.54) is 5.56 Å². The number of hydrogen-bond acceptors (Lipinski definition) is 4. The molecule has 1 heterocycles. The van der Waals surface area contributed by atoms with E-state index < -0.39 is 0 Å². The first-order valence-corrected chi connectivity index (χ1v) is 9.20. The predicted octanol–water partition coefficient (Wildman–Crippen LogP) is 3.13. The van der Waals surface area contributed by atoms with E-state index >= 15 is 0 Å². The van der Waals surface area contributed by atoms with Gasteiger partial charge in [0.05, 0.1) is 23.6 Å². The van der Waals surface area contributed by atoms with Crippen molar-refractivity contribution in [2.45, 2.75) is 26.4 Å². The van der Waals surface area contributed by atoms with E-state index in [9.17, 15) is 4.79 Å². The standard InChI is InChI=1S/C20H24ClN3O2/c1-3-26-18-8-7-15(10-17(18)21)19-16(12-23-24-19)20(25)22-11-14-6-4-5-13(2)9-14/h4-10,16,19,23-24H,3,11-12H2,1-2H3,(H,22,25). The van der Waals surface area contributed by atoms with Crippen molar-refractivity contribution in [3.05, 3.63) is 64.2 Å². The summed E-state index contributed by atoms with van der Waals surface area (Å²) in [6.45, 7) is 5.61. The van der Waals surface area contributed by atoms with Crippen LogP contribution in [0.5, 0.6) is 5.75 Å². The quantitative estimate of drug-likeness (QED) is 0.728. The molecule has 26 heavy (non-hydrogen) atoms. The zero-order chi connectivity index (χ0) is 18.5. The van der Waals surface area contributed by atoms with Gasteiger partial charge in [-0.05, 0) is 37.1 Å². The summed E-state index contributed by atoms with van der Waals surface area (Å²) in [5.74, 6) is 0.456. The highest BCUT2D eigenvalue weighted by molar-refractivity contribution is 6.32. The maximum atomic E-state index is 12.7. The van der Waals surface area contributed by atoms with Gasteiger partial charge in [0, 0.05) is 13.1 Å². The molecule has 2 unspecified atom stereocenters. The van der Waals surface area contributed by atoms with Crippen LogP contribution in [0.1, 0.15) is 29.7 Å². The van der Waals surface area contributed by atoms with Gasteiger partial charge in [-0.3, -0.25) is 10.2 Å². The zero-order valence-electron chi connectivity index (χ0n) is 15.0. The van der Waals surface area contributed by atoms with Crippen LogP contribution in [0.2, 0.25) is 5.02 Å². The van der Waals surface area contributed by atoms with Gasteiger partial charge in [0.15, 0.2) is 0 Å². The highest BCUT2D eigenvalue weighted by Crippen LogP contribution is 2.32. The number of halogens is 1. The number of amides is 1. The molecule has 1 aliphatic rings. The first-order chi connectivity index (χ1) is 12.6. The summed E-state index contributed by atoms with van der Waals surface area (Å²) in [6.07, 6.45) is 0. The van der Waals surface area contributed by atoms with Crippen molar-refractivity contribution in [2.24, 2.45) is 5.92 Å². The Morgan fingerprint density at radius 2 is 2.15 bits per heavy atom. The minimum absolute atomic E-state index is 0.0130. The number of benzene rings is 2. The summed E-state index contributed by atoms with van der Waals surface area (Å²) in [5.41, 5.74) is 9.50. The van der Waals surface area contributed by atoms with Gasteiger partial charge >= 0.3 is 0 Å². The molecule has 0 bridgehead atoms. The molecule has 2 aromatic carbocycles. The van der Waals surface area contributed by atoms with Gasteiger partial charge in [-0.1, -0.05) is 47.5 Å². The van der Waals surface area contributed by atoms with Gasteiger partial charge in [-0.2, -0.15) is 0 Å². The fourth-order valence-corrected chi connectivity index (χ4v) is 3.43. The molecule has 0 aromatic heterocycles. The monoisotopic (exact) mass is 373 g/mol. The molecule has 2 atom stereocenters. The van der Waals surface area contributed by atoms with Crippen LogP contribution >= 0.6 is 11.6 Å². The van der Waals surface area contributed by atoms with Crippen molar-refractivity contribution >= 4 is 17.5 Å². The molecule has 5 nitrogen and oxygen atoms in total. The molecule has 6 heteroatoms. The van der Waals surface area contributed by atoms with Gasteiger partial charge in [0.2, 0.25) is 5.91 Å². The number of aryl methyl sites for hydroxylation is 1. The number of hydrazine groups is 1. The lowest BCUT2D eigenvalue weighted by Crippen LogP contribution is -2.34. The Morgan fingerprint density at radius 3 is 2.88 bits per heavy atom. The number of carbonyl (C=O) groups is 1. The number of hydrogen-bond donors (Lipinski definition) is 3. The third-order valence-electron chi connectivity index (χ3n) is 4.48. The zero-order valence-corrected chi connectivity index (χ0v) is 15.8. The molecule has 3 rings (SSSR count). The van der Waals surface area contributed by atoms with E-state index in [0.717, 1.165) is 11.1 Å². The van der Waals surface area contributed by atoms with Crippen LogP contribution in [0.25, 0.3) is 0 Å². The average molecular weight is 374 g/mol. The van der Waals surface area contributed by atoms with Gasteiger partial charge in [-0.25, -0.2) is 5.43 Å². The van der Waals surface area contributed by atoms with Crippen LogP contribution in [0.3, 0.4) is 0 Å². The van der Waals surface area contributed by atoms with Gasteiger partial charge in [-0.15, -0.1) is 0 Å². The summed E-state index contributed by atoms with van der Waals surface area (Å²) in [4.78, 5) is 12.7. The number of ether oxygens (including phenoxy) is 1. The molecule has 3 N–H and O–H groups in total. The molecule has 0 radical (unpaired) electrons. The van der Waals surface area contributed by atoms with Crippen LogP contribution in [-0.4, -0.2) is 19.1 Å². The molecule has 1 fully saturated rings. The highest BCUT2D eigenvalue weighted by Gasteiger charge is 2.34. The minimum atomic E-state index is -0.214. The smallest absolute Gasteiger partial charge is 0.226 e. The van der Waals surface area contributed by atoms with E-state index in [0.29, 0.717) is 30.5 Å². The third kappa shape index (κ3) is 4.36. The molecule has 0 spiro atoms. The topological polar surface area (TPSA) is 62.4 Å². The fraction of sp³-hybridized carbons (Fsp3) is 0.350. The first-order valence-electron chi connectivity index (χ1n) is 8.82. The van der Waals surface area contributed by atoms with Gasteiger partial charge in [0.1, 0.15) is 5.75 Å². The van der Waals surface area contributed by atoms with E-state index in [4.69, 9.17) is 16.3 Å². The van der Waals surface area contributed by atoms with Crippen LogP contribution < -0.4 is 20.9 Å². The normalized spacial score (nSPS) is 19.3. The second-order valence-electron chi connectivity index (χ2n) is 6.44. The maximum Gasteiger partial charge on any atom is 0.226 e. The molecule has 2 aromatic rings. The molecule has 138 valence electrons. The Morgan fingerprint density at radius 1 is 1.31 bits per heavy atom. The van der Waals surface area contributed by atoms with Crippen LogP contribution in [0.4, 0.5) is 0 Å². The van der Waals surface area contributed by atoms with Crippen LogP contribution in [-0.2, 0) is 11.3 Å². The predicted molar refractivity (Wildman–Crippen MR) is 103 cm³/mol. The number of carbonyl (C=O) groups excluding carboxylic acids is 1. The molecule has 0 aliphatic carbocycles. The molecule has 1 aliphatic heterocycles. The largest absolute Gasteiger partial charge is 0.492 e. The fourth-order valence-electron chi connectivity index (χ4n) is 3.18. The molecule has 0 saturated carbocycles. The molecular formula is C20H24ClN3O2. The van der Waals surface area contributed by atoms with Crippen molar-refractivity contribution in [3.8, 4) is 5.75 Å². The Bertz CT molecular complexity index is 781.